The van der Waals surface area contributed by atoms with E-state index in [0.717, 1.165) is 10.0 Å². The lowest BCUT2D eigenvalue weighted by Crippen LogP contribution is -1.56. The van der Waals surface area contributed by atoms with Crippen LogP contribution >= 0.6 is 23.6 Å². The number of isothiocyanates is 1. The monoisotopic (exact) mass is 156 g/mol. The first kappa shape index (κ1) is 6.55. The Labute approximate surface area is 62.3 Å². The molecule has 0 aliphatic carbocycles. The van der Waals surface area contributed by atoms with Crippen molar-refractivity contribution in [3.05, 3.63) is 11.2 Å². The molecule has 0 aliphatic rings. The van der Waals surface area contributed by atoms with Crippen LogP contribution in [0.15, 0.2) is 11.2 Å². The second-order valence-corrected chi connectivity index (χ2v) is 2.82. The van der Waals surface area contributed by atoms with E-state index in [-0.39, 0.29) is 0 Å². The Hall–Kier alpha value is -0.570. The van der Waals surface area contributed by atoms with Crippen LogP contribution in [0.4, 0.5) is 5.00 Å². The van der Waals surface area contributed by atoms with Crippen LogP contribution in [-0.4, -0.2) is 10.1 Å². The minimum Gasteiger partial charge on any atom is -0.248 e. The van der Waals surface area contributed by atoms with Gasteiger partial charge >= 0.3 is 0 Å². The zero-order valence-corrected chi connectivity index (χ0v) is 6.42. The largest absolute Gasteiger partial charge is 0.248 e. The number of hydrogen-bond donors (Lipinski definition) is 0. The van der Waals surface area contributed by atoms with Crippen molar-refractivity contribution in [2.75, 3.05) is 0 Å². The summed E-state index contributed by atoms with van der Waals surface area (Å²) in [6.07, 6.45) is 1.68. The van der Waals surface area contributed by atoms with E-state index in [0.29, 0.717) is 0 Å². The van der Waals surface area contributed by atoms with E-state index in [1.165, 1.54) is 11.3 Å². The molecule has 4 heteroatoms. The number of hydrogen-bond acceptors (Lipinski definition) is 4. The van der Waals surface area contributed by atoms with Crippen molar-refractivity contribution >= 4 is 33.7 Å². The van der Waals surface area contributed by atoms with Crippen LogP contribution in [0, 0.1) is 6.92 Å². The van der Waals surface area contributed by atoms with Crippen LogP contribution in [0.3, 0.4) is 0 Å². The van der Waals surface area contributed by atoms with Crippen LogP contribution in [0.1, 0.15) is 5.01 Å². The third kappa shape index (κ3) is 1.68. The highest BCUT2D eigenvalue weighted by molar-refractivity contribution is 7.78. The molecule has 1 aromatic rings. The summed E-state index contributed by atoms with van der Waals surface area (Å²) < 4.78 is 0. The molecule has 0 aliphatic heterocycles. The lowest BCUT2D eigenvalue weighted by Gasteiger charge is -1.71. The van der Waals surface area contributed by atoms with Crippen molar-refractivity contribution in [3.8, 4) is 0 Å². The summed E-state index contributed by atoms with van der Waals surface area (Å²) in [5.41, 5.74) is 0. The van der Waals surface area contributed by atoms with Gasteiger partial charge in [0.15, 0.2) is 0 Å². The van der Waals surface area contributed by atoms with E-state index in [2.05, 4.69) is 27.4 Å². The van der Waals surface area contributed by atoms with Gasteiger partial charge in [0.05, 0.1) is 16.4 Å². The highest BCUT2D eigenvalue weighted by atomic mass is 32.1. The first-order chi connectivity index (χ1) is 4.33. The van der Waals surface area contributed by atoms with Gasteiger partial charge in [-0.05, 0) is 19.1 Å². The van der Waals surface area contributed by atoms with Crippen molar-refractivity contribution in [1.29, 1.82) is 0 Å². The lowest BCUT2D eigenvalue weighted by molar-refractivity contribution is 1.29. The summed E-state index contributed by atoms with van der Waals surface area (Å²) >= 11 is 5.91. The molecule has 0 fully saturated rings. The Morgan fingerprint density at radius 1 is 1.89 bits per heavy atom. The molecule has 0 bridgehead atoms. The Balaban J connectivity index is 2.97. The van der Waals surface area contributed by atoms with Gasteiger partial charge in [0.1, 0.15) is 5.00 Å². The molecule has 0 amide bonds. The van der Waals surface area contributed by atoms with Crippen molar-refractivity contribution in [2.45, 2.75) is 6.92 Å². The molecular weight excluding hydrogens is 152 g/mol. The van der Waals surface area contributed by atoms with Crippen molar-refractivity contribution in [3.63, 3.8) is 0 Å². The summed E-state index contributed by atoms with van der Waals surface area (Å²) in [6, 6.07) is 0. The summed E-state index contributed by atoms with van der Waals surface area (Å²) in [5.74, 6) is 0. The van der Waals surface area contributed by atoms with E-state index >= 15 is 0 Å². The molecule has 46 valence electrons. The molecule has 0 unspecified atom stereocenters. The first-order valence-electron chi connectivity index (χ1n) is 2.33. The Kier molecular flexibility index (Phi) is 2.05. The van der Waals surface area contributed by atoms with E-state index in [1.54, 1.807) is 6.20 Å². The Morgan fingerprint density at radius 3 is 3.11 bits per heavy atom. The molecule has 0 spiro atoms. The van der Waals surface area contributed by atoms with Crippen LogP contribution in [0.25, 0.3) is 0 Å². The van der Waals surface area contributed by atoms with Gasteiger partial charge in [0.25, 0.3) is 0 Å². The highest BCUT2D eigenvalue weighted by Gasteiger charge is 1.91. The predicted molar refractivity (Wildman–Crippen MR) is 41.5 cm³/mol. The van der Waals surface area contributed by atoms with E-state index in [4.69, 9.17) is 0 Å². The summed E-state index contributed by atoms with van der Waals surface area (Å²) in [5, 5.41) is 4.10. The molecule has 9 heavy (non-hydrogen) atoms. The Morgan fingerprint density at radius 2 is 2.67 bits per heavy atom. The number of rotatable bonds is 1. The minimum atomic E-state index is 0.822. The zero-order chi connectivity index (χ0) is 6.69. The van der Waals surface area contributed by atoms with Crippen molar-refractivity contribution in [2.24, 2.45) is 4.99 Å². The molecule has 0 N–H and O–H groups in total. The third-order valence-corrected chi connectivity index (χ3v) is 1.66. The first-order valence-corrected chi connectivity index (χ1v) is 3.55. The van der Waals surface area contributed by atoms with Gasteiger partial charge in [-0.15, -0.1) is 0 Å². The Bertz CT molecular complexity index is 247. The van der Waals surface area contributed by atoms with Gasteiger partial charge in [-0.1, -0.05) is 11.3 Å². The second kappa shape index (κ2) is 2.82. The number of aryl methyl sites for hydroxylation is 1. The number of thiazole rings is 1. The number of aromatic nitrogens is 1. The molecule has 0 atom stereocenters. The smallest absolute Gasteiger partial charge is 0.147 e. The topological polar surface area (TPSA) is 25.2 Å². The normalized spacial score (nSPS) is 8.56. The van der Waals surface area contributed by atoms with Crippen molar-refractivity contribution < 1.29 is 0 Å². The summed E-state index contributed by atoms with van der Waals surface area (Å²) in [6.45, 7) is 1.92. The third-order valence-electron chi connectivity index (χ3n) is 0.765. The molecule has 1 rings (SSSR count). The molecular formula is C5H4N2S2. The second-order valence-electron chi connectivity index (χ2n) is 1.42. The number of thiocarbonyl (C=S) groups is 1. The maximum absolute atomic E-state index is 4.41. The van der Waals surface area contributed by atoms with Crippen LogP contribution in [-0.2, 0) is 0 Å². The van der Waals surface area contributed by atoms with E-state index in [1.807, 2.05) is 6.92 Å². The SMILES string of the molecule is Cc1ncc(N=C=S)s1. The van der Waals surface area contributed by atoms with E-state index in [9.17, 15) is 0 Å². The molecule has 1 aromatic heterocycles. The average Bonchev–Trinajstić information content (AvgIpc) is 2.17. The number of aliphatic imine (C=N–C) groups is 1. The van der Waals surface area contributed by atoms with Crippen molar-refractivity contribution in [1.82, 2.24) is 4.98 Å². The lowest BCUT2D eigenvalue weighted by atomic mass is 10.8. The molecule has 2 nitrogen and oxygen atoms in total. The molecule has 0 radical (unpaired) electrons. The van der Waals surface area contributed by atoms with Crippen LogP contribution < -0.4 is 0 Å². The van der Waals surface area contributed by atoms with Gasteiger partial charge in [-0.2, -0.15) is 4.99 Å². The predicted octanol–water partition coefficient (Wildman–Crippen LogP) is 2.19. The summed E-state index contributed by atoms with van der Waals surface area (Å²) in [7, 11) is 0. The van der Waals surface area contributed by atoms with Crippen LogP contribution in [0.5, 0.6) is 0 Å². The van der Waals surface area contributed by atoms with Gasteiger partial charge in [0.2, 0.25) is 0 Å². The minimum absolute atomic E-state index is 0.822. The maximum Gasteiger partial charge on any atom is 0.147 e. The van der Waals surface area contributed by atoms with Gasteiger partial charge in [0, 0.05) is 0 Å². The van der Waals surface area contributed by atoms with Gasteiger partial charge in [-0.3, -0.25) is 0 Å². The zero-order valence-electron chi connectivity index (χ0n) is 4.79. The highest BCUT2D eigenvalue weighted by Crippen LogP contribution is 2.19. The molecule has 0 aromatic carbocycles. The fourth-order valence-electron chi connectivity index (χ4n) is 0.447. The quantitative estimate of drug-likeness (QED) is 0.460. The fourth-order valence-corrected chi connectivity index (χ4v) is 1.21. The van der Waals surface area contributed by atoms with Crippen LogP contribution in [0.2, 0.25) is 0 Å². The molecule has 0 saturated carbocycles. The van der Waals surface area contributed by atoms with Gasteiger partial charge < -0.3 is 0 Å². The average molecular weight is 156 g/mol. The summed E-state index contributed by atoms with van der Waals surface area (Å²) in [4.78, 5) is 7.72. The maximum atomic E-state index is 4.41. The molecule has 1 heterocycles. The fraction of sp³-hybridized carbons (Fsp3) is 0.200. The van der Waals surface area contributed by atoms with E-state index < -0.39 is 0 Å². The number of nitrogens with zero attached hydrogens (tertiary/aromatic N) is 2. The van der Waals surface area contributed by atoms with Gasteiger partial charge in [-0.25, -0.2) is 4.98 Å². The standard InChI is InChI=1S/C5H4N2S2/c1-4-6-2-5(9-4)7-3-8/h2H,1H3. The molecule has 0 saturated heterocycles.